The Hall–Kier alpha value is -1.21. The maximum Gasteiger partial charge on any atom is 0.338 e. The van der Waals surface area contributed by atoms with Crippen molar-refractivity contribution < 1.29 is 14.3 Å². The number of hydrogen-bond acceptors (Lipinski definition) is 3. The Morgan fingerprint density at radius 2 is 1.50 bits per heavy atom. The molecule has 0 bridgehead atoms. The van der Waals surface area contributed by atoms with Gasteiger partial charge < -0.3 is 4.74 Å². The fourth-order valence-electron chi connectivity index (χ4n) is 1.52. The lowest BCUT2D eigenvalue weighted by molar-refractivity contribution is 0.0474. The highest BCUT2D eigenvalue weighted by Gasteiger charge is 2.11. The van der Waals surface area contributed by atoms with Gasteiger partial charge in [0, 0.05) is 13.6 Å². The third-order valence-electron chi connectivity index (χ3n) is 2.58. The predicted molar refractivity (Wildman–Crippen MR) is 87.9 cm³/mol. The summed E-state index contributed by atoms with van der Waals surface area (Å²) in [6, 6.07) is 13.9. The van der Waals surface area contributed by atoms with Crippen molar-refractivity contribution in [1.82, 2.24) is 0 Å². The average molecular weight is 445 g/mol. The predicted octanol–water partition coefficient (Wildman–Crippen LogP) is 4.09. The summed E-state index contributed by atoms with van der Waals surface area (Å²) in [6.45, 7) is -0.257. The number of ketones is 1. The van der Waals surface area contributed by atoms with Crippen LogP contribution in [-0.2, 0) is 4.74 Å². The minimum absolute atomic E-state index is 0.226. The van der Waals surface area contributed by atoms with Gasteiger partial charge in [0.25, 0.3) is 0 Å². The monoisotopic (exact) mass is 444 g/mol. The molecule has 20 heavy (non-hydrogen) atoms. The summed E-state index contributed by atoms with van der Waals surface area (Å²) in [5.41, 5.74) is 0.956. The summed E-state index contributed by atoms with van der Waals surface area (Å²) in [6.07, 6.45) is 0. The van der Waals surface area contributed by atoms with E-state index in [9.17, 15) is 9.59 Å². The van der Waals surface area contributed by atoms with Crippen LogP contribution in [0.1, 0.15) is 20.7 Å². The number of esters is 1. The van der Waals surface area contributed by atoms with E-state index in [1.807, 2.05) is 12.1 Å². The van der Waals surface area contributed by atoms with Crippen LogP contribution >= 0.6 is 38.5 Å². The van der Waals surface area contributed by atoms with Crippen molar-refractivity contribution in [3.63, 3.8) is 0 Å². The molecule has 0 amide bonds. The Labute approximate surface area is 138 Å². The van der Waals surface area contributed by atoms with Crippen molar-refractivity contribution in [2.75, 3.05) is 6.61 Å². The average Bonchev–Trinajstić information content (AvgIpc) is 2.46. The first kappa shape index (κ1) is 15.2. The van der Waals surface area contributed by atoms with Gasteiger partial charge in [-0.05, 0) is 59.0 Å². The number of Topliss-reactive ketones (excluding diaryl/α,β-unsaturated/α-hetero) is 1. The molecule has 2 aromatic rings. The molecule has 2 rings (SSSR count). The molecular weight excluding hydrogens is 435 g/mol. The lowest BCUT2D eigenvalue weighted by atomic mass is 10.1. The van der Waals surface area contributed by atoms with E-state index < -0.39 is 5.97 Å². The molecule has 102 valence electrons. The number of rotatable bonds is 4. The van der Waals surface area contributed by atoms with E-state index >= 15 is 0 Å². The van der Waals surface area contributed by atoms with Gasteiger partial charge in [-0.1, -0.05) is 28.1 Å². The maximum absolute atomic E-state index is 11.9. The molecule has 5 heteroatoms. The molecule has 0 saturated carbocycles. The van der Waals surface area contributed by atoms with Crippen LogP contribution in [0, 0.1) is 3.57 Å². The van der Waals surface area contributed by atoms with Gasteiger partial charge in [0.05, 0.1) is 5.56 Å². The molecule has 0 unspecified atom stereocenters. The van der Waals surface area contributed by atoms with E-state index in [4.69, 9.17) is 4.74 Å². The highest BCUT2D eigenvalue weighted by Crippen LogP contribution is 2.12. The lowest BCUT2D eigenvalue weighted by Crippen LogP contribution is -2.14. The number of hydrogen-bond donors (Lipinski definition) is 0. The van der Waals surface area contributed by atoms with Crippen LogP contribution in [-0.4, -0.2) is 18.4 Å². The molecule has 0 heterocycles. The number of halogens is 2. The van der Waals surface area contributed by atoms with E-state index in [0.29, 0.717) is 11.1 Å². The van der Waals surface area contributed by atoms with Crippen molar-refractivity contribution in [1.29, 1.82) is 0 Å². The van der Waals surface area contributed by atoms with Crippen molar-refractivity contribution in [3.8, 4) is 0 Å². The number of carbonyl (C=O) groups is 2. The summed E-state index contributed by atoms with van der Waals surface area (Å²) in [7, 11) is 0. The SMILES string of the molecule is O=C(COC(=O)c1ccc(I)cc1)c1ccc(Br)cc1. The van der Waals surface area contributed by atoms with Gasteiger partial charge in [0.15, 0.2) is 12.4 Å². The maximum atomic E-state index is 11.9. The van der Waals surface area contributed by atoms with E-state index in [-0.39, 0.29) is 12.4 Å². The first-order valence-corrected chi connectivity index (χ1v) is 7.65. The molecule has 0 aliphatic heterocycles. The molecule has 0 atom stereocenters. The zero-order chi connectivity index (χ0) is 14.5. The van der Waals surface area contributed by atoms with Crippen molar-refractivity contribution in [2.24, 2.45) is 0 Å². The first-order chi connectivity index (χ1) is 9.56. The standard InChI is InChI=1S/C15H10BrIO3/c16-12-5-1-10(2-6-12)14(18)9-20-15(19)11-3-7-13(17)8-4-11/h1-8H,9H2. The topological polar surface area (TPSA) is 43.4 Å². The van der Waals surface area contributed by atoms with Crippen molar-refractivity contribution >= 4 is 50.3 Å². The van der Waals surface area contributed by atoms with Gasteiger partial charge in [-0.2, -0.15) is 0 Å². The Bertz CT molecular complexity index is 563. The van der Waals surface area contributed by atoms with Gasteiger partial charge in [0.2, 0.25) is 0 Å². The summed E-state index contributed by atoms with van der Waals surface area (Å²) in [5, 5.41) is 0. The smallest absolute Gasteiger partial charge is 0.338 e. The number of benzene rings is 2. The number of ether oxygens (including phenoxy) is 1. The Morgan fingerprint density at radius 1 is 0.950 bits per heavy atom. The normalized spacial score (nSPS) is 10.1. The molecule has 3 nitrogen and oxygen atoms in total. The molecule has 0 saturated heterocycles. The third-order valence-corrected chi connectivity index (χ3v) is 3.83. The zero-order valence-electron chi connectivity index (χ0n) is 10.3. The van der Waals surface area contributed by atoms with E-state index in [1.165, 1.54) is 0 Å². The molecule has 0 aliphatic rings. The Morgan fingerprint density at radius 3 is 2.10 bits per heavy atom. The first-order valence-electron chi connectivity index (χ1n) is 5.78. The summed E-state index contributed by atoms with van der Waals surface area (Å²) >= 11 is 5.45. The van der Waals surface area contributed by atoms with E-state index in [1.54, 1.807) is 36.4 Å². The molecule has 0 N–H and O–H groups in total. The van der Waals surface area contributed by atoms with Gasteiger partial charge in [0.1, 0.15) is 0 Å². The minimum Gasteiger partial charge on any atom is -0.454 e. The molecule has 0 fully saturated rings. The summed E-state index contributed by atoms with van der Waals surface area (Å²) in [4.78, 5) is 23.6. The van der Waals surface area contributed by atoms with Crippen molar-refractivity contribution in [3.05, 3.63) is 67.7 Å². The van der Waals surface area contributed by atoms with Gasteiger partial charge in [-0.15, -0.1) is 0 Å². The van der Waals surface area contributed by atoms with E-state index in [0.717, 1.165) is 8.04 Å². The highest BCUT2D eigenvalue weighted by atomic mass is 127. The van der Waals surface area contributed by atoms with Crippen LogP contribution < -0.4 is 0 Å². The van der Waals surface area contributed by atoms with Crippen molar-refractivity contribution in [2.45, 2.75) is 0 Å². The molecule has 0 spiro atoms. The number of carbonyl (C=O) groups excluding carboxylic acids is 2. The van der Waals surface area contributed by atoms with Gasteiger partial charge >= 0.3 is 5.97 Å². The van der Waals surface area contributed by atoms with Crippen LogP contribution in [0.25, 0.3) is 0 Å². The van der Waals surface area contributed by atoms with Gasteiger partial charge in [-0.25, -0.2) is 4.79 Å². The zero-order valence-corrected chi connectivity index (χ0v) is 14.1. The molecule has 0 radical (unpaired) electrons. The second-order valence-electron chi connectivity index (χ2n) is 4.01. The molecular formula is C15H10BrIO3. The summed E-state index contributed by atoms with van der Waals surface area (Å²) < 4.78 is 6.94. The van der Waals surface area contributed by atoms with E-state index in [2.05, 4.69) is 38.5 Å². The third kappa shape index (κ3) is 4.14. The van der Waals surface area contributed by atoms with Crippen LogP contribution in [0.5, 0.6) is 0 Å². The largest absolute Gasteiger partial charge is 0.454 e. The Kier molecular flexibility index (Phi) is 5.31. The molecule has 2 aromatic carbocycles. The molecule has 0 aliphatic carbocycles. The van der Waals surface area contributed by atoms with Crippen LogP contribution in [0.4, 0.5) is 0 Å². The minimum atomic E-state index is -0.494. The van der Waals surface area contributed by atoms with Gasteiger partial charge in [-0.3, -0.25) is 4.79 Å². The van der Waals surface area contributed by atoms with Crippen LogP contribution in [0.2, 0.25) is 0 Å². The summed E-state index contributed by atoms with van der Waals surface area (Å²) in [5.74, 6) is -0.719. The molecule has 0 aromatic heterocycles. The Balaban J connectivity index is 1.94. The van der Waals surface area contributed by atoms with Crippen LogP contribution in [0.15, 0.2) is 53.0 Å². The second-order valence-corrected chi connectivity index (χ2v) is 6.17. The van der Waals surface area contributed by atoms with Crippen LogP contribution in [0.3, 0.4) is 0 Å². The fourth-order valence-corrected chi connectivity index (χ4v) is 2.14. The highest BCUT2D eigenvalue weighted by molar-refractivity contribution is 14.1. The lowest BCUT2D eigenvalue weighted by Gasteiger charge is -2.04. The second kappa shape index (κ2) is 6.99. The quantitative estimate of drug-likeness (QED) is 0.405. The fraction of sp³-hybridized carbons (Fsp3) is 0.0667.